The monoisotopic (exact) mass is 261 g/mol. The maximum atomic E-state index is 12.0. The quantitative estimate of drug-likeness (QED) is 0.724. The second-order valence-electron chi connectivity index (χ2n) is 5.83. The molecule has 4 nitrogen and oxygen atoms in total. The van der Waals surface area contributed by atoms with Crippen molar-refractivity contribution in [3.63, 3.8) is 0 Å². The molecular formula is C12H23NO3S. The molecule has 0 radical (unpaired) electrons. The predicted octanol–water partition coefficient (Wildman–Crippen LogP) is 0.970. The van der Waals surface area contributed by atoms with Crippen LogP contribution in [0.2, 0.25) is 0 Å². The lowest BCUT2D eigenvalue weighted by atomic mass is 9.51. The van der Waals surface area contributed by atoms with E-state index in [0.717, 1.165) is 19.4 Å². The number of rotatable bonds is 6. The highest BCUT2D eigenvalue weighted by atomic mass is 32.2. The van der Waals surface area contributed by atoms with Crippen LogP contribution in [0.1, 0.15) is 32.1 Å². The first kappa shape index (κ1) is 13.3. The molecule has 2 aliphatic rings. The maximum Gasteiger partial charge on any atom is 0.154 e. The Bertz CT molecular complexity index is 365. The smallest absolute Gasteiger partial charge is 0.154 e. The molecule has 0 bridgehead atoms. The van der Waals surface area contributed by atoms with E-state index in [1.165, 1.54) is 25.5 Å². The van der Waals surface area contributed by atoms with Gasteiger partial charge in [0.25, 0.3) is 0 Å². The summed E-state index contributed by atoms with van der Waals surface area (Å²) in [7, 11) is -1.31. The van der Waals surface area contributed by atoms with Crippen LogP contribution in [0.25, 0.3) is 0 Å². The van der Waals surface area contributed by atoms with E-state index < -0.39 is 14.6 Å². The third-order valence-electron chi connectivity index (χ3n) is 4.53. The molecule has 0 saturated heterocycles. The third kappa shape index (κ3) is 2.37. The summed E-state index contributed by atoms with van der Waals surface area (Å²) in [6, 6.07) is 0. The zero-order valence-electron chi connectivity index (χ0n) is 10.8. The van der Waals surface area contributed by atoms with E-state index in [1.807, 2.05) is 0 Å². The van der Waals surface area contributed by atoms with Gasteiger partial charge in [0.1, 0.15) is 0 Å². The molecule has 2 aliphatic carbocycles. The van der Waals surface area contributed by atoms with Gasteiger partial charge >= 0.3 is 0 Å². The molecule has 100 valence electrons. The van der Waals surface area contributed by atoms with E-state index in [9.17, 15) is 8.42 Å². The van der Waals surface area contributed by atoms with Gasteiger partial charge in [-0.15, -0.1) is 0 Å². The number of ether oxygens (including phenoxy) is 1. The fourth-order valence-electron chi connectivity index (χ4n) is 3.35. The molecule has 17 heavy (non-hydrogen) atoms. The minimum atomic E-state index is -2.97. The van der Waals surface area contributed by atoms with Gasteiger partial charge in [0.05, 0.1) is 11.4 Å². The lowest BCUT2D eigenvalue weighted by Crippen LogP contribution is -2.63. The van der Waals surface area contributed by atoms with Crippen LogP contribution in [0.3, 0.4) is 0 Å². The summed E-state index contributed by atoms with van der Waals surface area (Å²) < 4.78 is 28.4. The van der Waals surface area contributed by atoms with Gasteiger partial charge in [0.2, 0.25) is 0 Å². The van der Waals surface area contributed by atoms with Crippen molar-refractivity contribution in [2.24, 2.45) is 5.41 Å². The molecule has 5 heteroatoms. The topological polar surface area (TPSA) is 55.4 Å². The van der Waals surface area contributed by atoms with E-state index in [0.29, 0.717) is 18.6 Å². The summed E-state index contributed by atoms with van der Waals surface area (Å²) >= 11 is 0. The van der Waals surface area contributed by atoms with Crippen molar-refractivity contribution < 1.29 is 13.2 Å². The van der Waals surface area contributed by atoms with Crippen LogP contribution in [0.5, 0.6) is 0 Å². The van der Waals surface area contributed by atoms with Gasteiger partial charge in [-0.25, -0.2) is 8.42 Å². The molecule has 1 spiro atoms. The SMILES string of the molecule is COCCNCC1(S(C)(=O)=O)CC2(CCC2)C1. The van der Waals surface area contributed by atoms with Crippen LogP contribution in [-0.2, 0) is 14.6 Å². The van der Waals surface area contributed by atoms with E-state index in [1.54, 1.807) is 7.11 Å². The van der Waals surface area contributed by atoms with Gasteiger partial charge in [-0.1, -0.05) is 6.42 Å². The van der Waals surface area contributed by atoms with Crippen molar-refractivity contribution in [1.82, 2.24) is 5.32 Å². The summed E-state index contributed by atoms with van der Waals surface area (Å²) in [4.78, 5) is 0. The molecule has 0 aliphatic heterocycles. The zero-order valence-corrected chi connectivity index (χ0v) is 11.6. The van der Waals surface area contributed by atoms with E-state index in [-0.39, 0.29) is 0 Å². The first-order valence-electron chi connectivity index (χ1n) is 6.32. The van der Waals surface area contributed by atoms with Gasteiger partial charge in [-0.3, -0.25) is 0 Å². The molecule has 0 unspecified atom stereocenters. The van der Waals surface area contributed by atoms with Gasteiger partial charge in [0.15, 0.2) is 9.84 Å². The second-order valence-corrected chi connectivity index (χ2v) is 8.24. The lowest BCUT2D eigenvalue weighted by molar-refractivity contribution is -0.00866. The Balaban J connectivity index is 1.92. The first-order chi connectivity index (χ1) is 7.93. The average molecular weight is 261 g/mol. The van der Waals surface area contributed by atoms with Crippen molar-refractivity contribution in [3.8, 4) is 0 Å². The highest BCUT2D eigenvalue weighted by molar-refractivity contribution is 7.92. The largest absolute Gasteiger partial charge is 0.383 e. The normalized spacial score (nSPS) is 25.3. The Hall–Kier alpha value is -0.130. The minimum absolute atomic E-state index is 0.381. The van der Waals surface area contributed by atoms with E-state index in [2.05, 4.69) is 5.32 Å². The minimum Gasteiger partial charge on any atom is -0.383 e. The zero-order chi connectivity index (χ0) is 12.6. The first-order valence-corrected chi connectivity index (χ1v) is 8.22. The van der Waals surface area contributed by atoms with Crippen molar-refractivity contribution >= 4 is 9.84 Å². The number of nitrogens with one attached hydrogen (secondary N) is 1. The van der Waals surface area contributed by atoms with Crippen LogP contribution < -0.4 is 5.32 Å². The van der Waals surface area contributed by atoms with Crippen molar-refractivity contribution in [1.29, 1.82) is 0 Å². The number of hydrogen-bond acceptors (Lipinski definition) is 4. The fourth-order valence-corrected chi connectivity index (χ4v) is 4.86. The van der Waals surface area contributed by atoms with Crippen LogP contribution in [-0.4, -0.2) is 46.2 Å². The van der Waals surface area contributed by atoms with Crippen molar-refractivity contribution in [2.75, 3.05) is 33.1 Å². The Morgan fingerprint density at radius 1 is 1.29 bits per heavy atom. The van der Waals surface area contributed by atoms with Gasteiger partial charge in [-0.05, 0) is 31.1 Å². The standard InChI is InChI=1S/C12H23NO3S/c1-16-7-6-13-10-12(17(2,14)15)8-11(9-12)4-3-5-11/h13H,3-10H2,1-2H3. The Morgan fingerprint density at radius 2 is 1.94 bits per heavy atom. The number of hydrogen-bond donors (Lipinski definition) is 1. The summed E-state index contributed by atoms with van der Waals surface area (Å²) in [5.74, 6) is 0. The number of methoxy groups -OCH3 is 1. The van der Waals surface area contributed by atoms with E-state index in [4.69, 9.17) is 4.74 Å². The molecular weight excluding hydrogens is 238 g/mol. The van der Waals surface area contributed by atoms with Gasteiger partial charge < -0.3 is 10.1 Å². The molecule has 2 saturated carbocycles. The molecule has 0 aromatic carbocycles. The lowest BCUT2D eigenvalue weighted by Gasteiger charge is -2.60. The van der Waals surface area contributed by atoms with Crippen LogP contribution in [0.15, 0.2) is 0 Å². The van der Waals surface area contributed by atoms with Crippen LogP contribution in [0.4, 0.5) is 0 Å². The Kier molecular flexibility index (Phi) is 3.54. The molecule has 0 aromatic rings. The number of sulfone groups is 1. The fraction of sp³-hybridized carbons (Fsp3) is 1.00. The summed E-state index contributed by atoms with van der Waals surface area (Å²) in [5.41, 5.74) is 0.381. The molecule has 0 heterocycles. The molecule has 0 amide bonds. The van der Waals surface area contributed by atoms with E-state index >= 15 is 0 Å². The van der Waals surface area contributed by atoms with Crippen molar-refractivity contribution in [2.45, 2.75) is 36.9 Å². The highest BCUT2D eigenvalue weighted by Gasteiger charge is 2.61. The summed E-state index contributed by atoms with van der Waals surface area (Å²) in [5, 5.41) is 3.22. The third-order valence-corrected chi connectivity index (χ3v) is 6.53. The Labute approximate surface area is 104 Å². The molecule has 2 fully saturated rings. The highest BCUT2D eigenvalue weighted by Crippen LogP contribution is 2.62. The average Bonchev–Trinajstić information content (AvgIpc) is 2.10. The Morgan fingerprint density at radius 3 is 2.35 bits per heavy atom. The van der Waals surface area contributed by atoms with Crippen molar-refractivity contribution in [3.05, 3.63) is 0 Å². The maximum absolute atomic E-state index is 12.0. The predicted molar refractivity (Wildman–Crippen MR) is 67.8 cm³/mol. The summed E-state index contributed by atoms with van der Waals surface area (Å²) in [6.07, 6.45) is 6.83. The molecule has 0 atom stereocenters. The molecule has 0 aromatic heterocycles. The van der Waals surface area contributed by atoms with Gasteiger partial charge in [-0.2, -0.15) is 0 Å². The second kappa shape index (κ2) is 4.52. The van der Waals surface area contributed by atoms with Crippen LogP contribution in [0, 0.1) is 5.41 Å². The van der Waals surface area contributed by atoms with Gasteiger partial charge in [0, 0.05) is 26.5 Å². The molecule has 1 N–H and O–H groups in total. The summed E-state index contributed by atoms with van der Waals surface area (Å²) in [6.45, 7) is 1.93. The molecule has 2 rings (SSSR count). The van der Waals surface area contributed by atoms with Crippen LogP contribution >= 0.6 is 0 Å².